The monoisotopic (exact) mass is 547 g/mol. The summed E-state index contributed by atoms with van der Waals surface area (Å²) in [6.07, 6.45) is 3.55. The molecular weight excluding hydrogens is 524 g/mol. The van der Waals surface area contributed by atoms with Gasteiger partial charge in [0.15, 0.2) is 0 Å². The van der Waals surface area contributed by atoms with Crippen LogP contribution in [0.15, 0.2) is 104 Å². The van der Waals surface area contributed by atoms with Crippen LogP contribution in [-0.2, 0) is 13.0 Å². The average Bonchev–Trinajstić information content (AvgIpc) is 3.39. The Hall–Kier alpha value is -5.37. The van der Waals surface area contributed by atoms with Crippen LogP contribution in [0.3, 0.4) is 0 Å². The topological polar surface area (TPSA) is 83.7 Å². The number of aromatic carboxylic acids is 1. The summed E-state index contributed by atoms with van der Waals surface area (Å²) in [6, 6.07) is 24.7. The van der Waals surface area contributed by atoms with Crippen LogP contribution in [0.4, 0.5) is 8.78 Å². The zero-order valence-corrected chi connectivity index (χ0v) is 21.6. The Morgan fingerprint density at radius 3 is 2.27 bits per heavy atom. The van der Waals surface area contributed by atoms with Gasteiger partial charge in [-0.15, -0.1) is 0 Å². The predicted octanol–water partition coefficient (Wildman–Crippen LogP) is 6.65. The van der Waals surface area contributed by atoms with Gasteiger partial charge in [0.1, 0.15) is 11.6 Å². The first-order valence-electron chi connectivity index (χ1n) is 12.9. The zero-order valence-electron chi connectivity index (χ0n) is 21.6. The molecule has 4 aromatic carbocycles. The molecule has 0 aliphatic heterocycles. The molecule has 0 fully saturated rings. The fourth-order valence-electron chi connectivity index (χ4n) is 4.92. The lowest BCUT2D eigenvalue weighted by Crippen LogP contribution is -2.23. The lowest BCUT2D eigenvalue weighted by molar-refractivity contribution is 0.0696. The molecule has 1 amide bonds. The number of rotatable bonds is 7. The van der Waals surface area contributed by atoms with E-state index in [1.54, 1.807) is 53.3 Å². The largest absolute Gasteiger partial charge is 0.478 e. The Morgan fingerprint density at radius 1 is 0.854 bits per heavy atom. The van der Waals surface area contributed by atoms with E-state index in [1.807, 2.05) is 24.3 Å². The molecule has 2 aromatic heterocycles. The maximum atomic E-state index is 15.1. The number of fused-ring (bicyclic) bond motifs is 2. The summed E-state index contributed by atoms with van der Waals surface area (Å²) in [5.41, 5.74) is 4.10. The van der Waals surface area contributed by atoms with Gasteiger partial charge in [0.2, 0.25) is 0 Å². The molecule has 202 valence electrons. The first-order chi connectivity index (χ1) is 19.9. The molecule has 2 heterocycles. The van der Waals surface area contributed by atoms with Crippen LogP contribution < -0.4 is 5.32 Å². The van der Waals surface area contributed by atoms with Crippen molar-refractivity contribution in [3.63, 3.8) is 0 Å². The van der Waals surface area contributed by atoms with Gasteiger partial charge in [-0.3, -0.25) is 4.79 Å². The Kier molecular flexibility index (Phi) is 6.73. The average molecular weight is 548 g/mol. The molecule has 6 rings (SSSR count). The van der Waals surface area contributed by atoms with Gasteiger partial charge in [0.05, 0.1) is 28.7 Å². The number of imidazole rings is 1. The summed E-state index contributed by atoms with van der Waals surface area (Å²) < 4.78 is 30.4. The van der Waals surface area contributed by atoms with Crippen LogP contribution >= 0.6 is 0 Å². The Labute approximate surface area is 233 Å². The number of pyridine rings is 1. The number of carbonyl (C=O) groups excluding carboxylic acids is 1. The second-order valence-electron chi connectivity index (χ2n) is 9.75. The minimum atomic E-state index is -1.03. The minimum absolute atomic E-state index is 0.151. The molecule has 8 heteroatoms. The van der Waals surface area contributed by atoms with Crippen LogP contribution in [0.5, 0.6) is 0 Å². The molecule has 0 unspecified atom stereocenters. The molecule has 0 radical (unpaired) electrons. The summed E-state index contributed by atoms with van der Waals surface area (Å²) in [7, 11) is 0. The summed E-state index contributed by atoms with van der Waals surface area (Å²) >= 11 is 0. The van der Waals surface area contributed by atoms with Crippen molar-refractivity contribution < 1.29 is 23.5 Å². The van der Waals surface area contributed by atoms with E-state index in [-0.39, 0.29) is 36.1 Å². The summed E-state index contributed by atoms with van der Waals surface area (Å²) in [5, 5.41) is 13.7. The second kappa shape index (κ2) is 10.7. The normalized spacial score (nSPS) is 11.2. The van der Waals surface area contributed by atoms with Crippen molar-refractivity contribution >= 4 is 28.2 Å². The molecule has 6 nitrogen and oxygen atoms in total. The highest BCUT2D eigenvalue weighted by Gasteiger charge is 2.19. The summed E-state index contributed by atoms with van der Waals surface area (Å²) in [4.78, 5) is 29.3. The van der Waals surface area contributed by atoms with Crippen molar-refractivity contribution in [2.45, 2.75) is 13.0 Å². The number of nitrogens with one attached hydrogen (secondary N) is 1. The molecule has 0 saturated heterocycles. The van der Waals surface area contributed by atoms with Crippen LogP contribution in [0, 0.1) is 11.6 Å². The van der Waals surface area contributed by atoms with Gasteiger partial charge in [-0.25, -0.2) is 18.6 Å². The van der Waals surface area contributed by atoms with E-state index in [2.05, 4.69) is 10.3 Å². The van der Waals surface area contributed by atoms with Crippen LogP contribution in [-0.4, -0.2) is 26.4 Å². The van der Waals surface area contributed by atoms with E-state index in [1.165, 1.54) is 30.3 Å². The third kappa shape index (κ3) is 5.27. The van der Waals surface area contributed by atoms with Gasteiger partial charge in [0, 0.05) is 19.2 Å². The summed E-state index contributed by atoms with van der Waals surface area (Å²) in [5.74, 6) is -2.15. The van der Waals surface area contributed by atoms with Gasteiger partial charge in [0.25, 0.3) is 5.91 Å². The maximum absolute atomic E-state index is 15.1. The first kappa shape index (κ1) is 25.9. The highest BCUT2D eigenvalue weighted by Crippen LogP contribution is 2.28. The van der Waals surface area contributed by atoms with Crippen molar-refractivity contribution in [2.75, 3.05) is 0 Å². The standard InChI is InChI=1S/C33H23F2N3O3/c34-27-11-9-21(10-12-27)26-14-28(32(39)36-17-20-5-7-22(8-6-20)33(40)41)31-30(37-19-38(31)18-26)16-25-13-23-3-1-2-4-24(23)15-29(25)35/h1-15,18-19H,16-17H2,(H,36,39)(H,40,41). The number of hydrogen-bond acceptors (Lipinski definition) is 3. The van der Waals surface area contributed by atoms with Crippen molar-refractivity contribution in [1.82, 2.24) is 14.7 Å². The molecule has 2 N–H and O–H groups in total. The number of amides is 1. The second-order valence-corrected chi connectivity index (χ2v) is 9.75. The molecule has 41 heavy (non-hydrogen) atoms. The Morgan fingerprint density at radius 2 is 1.56 bits per heavy atom. The number of carboxylic acid groups (broad SMARTS) is 1. The first-order valence-corrected chi connectivity index (χ1v) is 12.9. The van der Waals surface area contributed by atoms with Crippen LogP contribution in [0.1, 0.15) is 37.5 Å². The predicted molar refractivity (Wildman–Crippen MR) is 152 cm³/mol. The summed E-state index contributed by atoms with van der Waals surface area (Å²) in [6.45, 7) is 0.161. The number of halogens is 2. The third-order valence-electron chi connectivity index (χ3n) is 7.05. The van der Waals surface area contributed by atoms with E-state index in [4.69, 9.17) is 5.11 Å². The zero-order chi connectivity index (χ0) is 28.5. The number of hydrogen-bond donors (Lipinski definition) is 2. The van der Waals surface area contributed by atoms with Crippen molar-refractivity contribution in [1.29, 1.82) is 0 Å². The highest BCUT2D eigenvalue weighted by atomic mass is 19.1. The lowest BCUT2D eigenvalue weighted by Gasteiger charge is -2.12. The molecule has 6 aromatic rings. The molecule has 0 atom stereocenters. The Balaban J connectivity index is 1.39. The number of aromatic nitrogens is 2. The minimum Gasteiger partial charge on any atom is -0.478 e. The van der Waals surface area contributed by atoms with Crippen LogP contribution in [0.25, 0.3) is 27.4 Å². The molecule has 0 spiro atoms. The number of nitrogens with zero attached hydrogens (tertiary/aromatic N) is 2. The lowest BCUT2D eigenvalue weighted by atomic mass is 10.00. The van der Waals surface area contributed by atoms with E-state index in [0.29, 0.717) is 33.5 Å². The van der Waals surface area contributed by atoms with E-state index < -0.39 is 5.97 Å². The molecule has 0 saturated carbocycles. The number of carbonyl (C=O) groups is 2. The van der Waals surface area contributed by atoms with E-state index >= 15 is 4.39 Å². The SMILES string of the molecule is O=C(O)c1ccc(CNC(=O)c2cc(-c3ccc(F)cc3)cn3cnc(Cc4cc5ccccc5cc4F)c23)cc1. The van der Waals surface area contributed by atoms with Gasteiger partial charge < -0.3 is 14.8 Å². The molecule has 0 aliphatic rings. The molecular formula is C33H23F2N3O3. The smallest absolute Gasteiger partial charge is 0.335 e. The van der Waals surface area contributed by atoms with Gasteiger partial charge in [-0.1, -0.05) is 48.5 Å². The molecule has 0 bridgehead atoms. The van der Waals surface area contributed by atoms with Gasteiger partial charge >= 0.3 is 5.97 Å². The quantitative estimate of drug-likeness (QED) is 0.234. The van der Waals surface area contributed by atoms with E-state index in [0.717, 1.165) is 16.3 Å². The van der Waals surface area contributed by atoms with Crippen molar-refractivity contribution in [3.05, 3.63) is 143 Å². The van der Waals surface area contributed by atoms with Crippen molar-refractivity contribution in [2.24, 2.45) is 0 Å². The number of carboxylic acids is 1. The third-order valence-corrected chi connectivity index (χ3v) is 7.05. The van der Waals surface area contributed by atoms with Crippen molar-refractivity contribution in [3.8, 4) is 11.1 Å². The van der Waals surface area contributed by atoms with Gasteiger partial charge in [-0.2, -0.15) is 0 Å². The maximum Gasteiger partial charge on any atom is 0.335 e. The fraction of sp³-hybridized carbons (Fsp3) is 0.0606. The molecule has 0 aliphatic carbocycles. The van der Waals surface area contributed by atoms with Gasteiger partial charge in [-0.05, 0) is 75.5 Å². The number of benzene rings is 4. The van der Waals surface area contributed by atoms with E-state index in [9.17, 15) is 14.0 Å². The van der Waals surface area contributed by atoms with Crippen LogP contribution in [0.2, 0.25) is 0 Å². The fourth-order valence-corrected chi connectivity index (χ4v) is 4.92. The highest BCUT2D eigenvalue weighted by molar-refractivity contribution is 6.02. The Bertz CT molecular complexity index is 1930.